The first-order valence-corrected chi connectivity index (χ1v) is 6.63. The van der Waals surface area contributed by atoms with Crippen LogP contribution in [0.4, 0.5) is 0 Å². The van der Waals surface area contributed by atoms with Crippen molar-refractivity contribution in [3.8, 4) is 0 Å². The van der Waals surface area contributed by atoms with E-state index in [2.05, 4.69) is 22.4 Å². The van der Waals surface area contributed by atoms with Crippen LogP contribution in [0.1, 0.15) is 11.3 Å². The third-order valence-electron chi connectivity index (χ3n) is 2.90. The molecule has 20 heavy (non-hydrogen) atoms. The summed E-state index contributed by atoms with van der Waals surface area (Å²) in [6.07, 6.45) is 1.73. The second-order valence-electron chi connectivity index (χ2n) is 4.76. The van der Waals surface area contributed by atoms with Crippen LogP contribution < -0.4 is 5.32 Å². The fraction of sp³-hybridized carbons (Fsp3) is 0.250. The topological polar surface area (TPSA) is 45.2 Å². The molecule has 0 bridgehead atoms. The van der Waals surface area contributed by atoms with Gasteiger partial charge in [-0.05, 0) is 24.7 Å². The van der Waals surface area contributed by atoms with Gasteiger partial charge in [-0.2, -0.15) is 0 Å². The molecule has 1 aromatic carbocycles. The Morgan fingerprint density at radius 1 is 1.15 bits per heavy atom. The minimum atomic E-state index is 0.00841. The van der Waals surface area contributed by atoms with Gasteiger partial charge in [0.05, 0.1) is 18.8 Å². The standard InChI is InChI=1S/C16H19N3O/c1-19(12-14-7-3-2-4-8-14)13-16(20)18-11-15-9-5-6-10-17-15/h2-10H,11-13H2,1H3,(H,18,20). The SMILES string of the molecule is CN(CC(=O)NCc1ccccn1)Cc1ccccc1. The number of hydrogen-bond donors (Lipinski definition) is 1. The molecule has 2 aromatic rings. The van der Waals surface area contributed by atoms with E-state index in [0.29, 0.717) is 13.1 Å². The molecule has 0 atom stereocenters. The first-order valence-electron chi connectivity index (χ1n) is 6.63. The zero-order valence-electron chi connectivity index (χ0n) is 11.6. The summed E-state index contributed by atoms with van der Waals surface area (Å²) in [6.45, 7) is 1.61. The number of nitrogens with zero attached hydrogens (tertiary/aromatic N) is 2. The summed E-state index contributed by atoms with van der Waals surface area (Å²) in [5.74, 6) is 0.00841. The van der Waals surface area contributed by atoms with Gasteiger partial charge in [0.2, 0.25) is 5.91 Å². The largest absolute Gasteiger partial charge is 0.349 e. The van der Waals surface area contributed by atoms with E-state index < -0.39 is 0 Å². The molecule has 0 fully saturated rings. The van der Waals surface area contributed by atoms with Crippen molar-refractivity contribution >= 4 is 5.91 Å². The number of hydrogen-bond acceptors (Lipinski definition) is 3. The van der Waals surface area contributed by atoms with Gasteiger partial charge in [-0.1, -0.05) is 36.4 Å². The Morgan fingerprint density at radius 3 is 2.60 bits per heavy atom. The molecule has 104 valence electrons. The molecule has 0 spiro atoms. The lowest BCUT2D eigenvalue weighted by atomic mass is 10.2. The molecule has 0 aliphatic carbocycles. The highest BCUT2D eigenvalue weighted by atomic mass is 16.2. The lowest BCUT2D eigenvalue weighted by molar-refractivity contribution is -0.122. The normalized spacial score (nSPS) is 10.5. The first kappa shape index (κ1) is 14.2. The summed E-state index contributed by atoms with van der Waals surface area (Å²) in [5.41, 5.74) is 2.07. The van der Waals surface area contributed by atoms with Crippen molar-refractivity contribution < 1.29 is 4.79 Å². The molecule has 1 amide bonds. The van der Waals surface area contributed by atoms with Gasteiger partial charge in [0.1, 0.15) is 0 Å². The first-order chi connectivity index (χ1) is 9.74. The molecule has 0 saturated carbocycles. The van der Waals surface area contributed by atoms with Gasteiger partial charge in [-0.15, -0.1) is 0 Å². The zero-order valence-corrected chi connectivity index (χ0v) is 11.6. The van der Waals surface area contributed by atoms with E-state index in [9.17, 15) is 4.79 Å². The fourth-order valence-electron chi connectivity index (χ4n) is 1.94. The van der Waals surface area contributed by atoms with Crippen molar-refractivity contribution in [2.45, 2.75) is 13.1 Å². The monoisotopic (exact) mass is 269 g/mol. The Bertz CT molecular complexity index is 528. The van der Waals surface area contributed by atoms with Crippen LogP contribution >= 0.6 is 0 Å². The number of carbonyl (C=O) groups is 1. The summed E-state index contributed by atoms with van der Waals surface area (Å²) in [7, 11) is 1.94. The maximum atomic E-state index is 11.8. The molecule has 0 radical (unpaired) electrons. The maximum absolute atomic E-state index is 11.8. The Labute approximate surface area is 119 Å². The van der Waals surface area contributed by atoms with Crippen LogP contribution in [-0.2, 0) is 17.9 Å². The number of pyridine rings is 1. The molecule has 1 aromatic heterocycles. The average molecular weight is 269 g/mol. The van der Waals surface area contributed by atoms with E-state index in [1.165, 1.54) is 5.56 Å². The maximum Gasteiger partial charge on any atom is 0.234 e. The van der Waals surface area contributed by atoms with Crippen molar-refractivity contribution in [1.82, 2.24) is 15.2 Å². The smallest absolute Gasteiger partial charge is 0.234 e. The van der Waals surface area contributed by atoms with Gasteiger partial charge in [-0.3, -0.25) is 14.7 Å². The minimum Gasteiger partial charge on any atom is -0.349 e. The number of amides is 1. The van der Waals surface area contributed by atoms with Gasteiger partial charge in [-0.25, -0.2) is 0 Å². The number of benzene rings is 1. The summed E-state index contributed by atoms with van der Waals surface area (Å²) >= 11 is 0. The number of likely N-dealkylation sites (N-methyl/N-ethyl adjacent to an activating group) is 1. The fourth-order valence-corrected chi connectivity index (χ4v) is 1.94. The second kappa shape index (κ2) is 7.40. The zero-order chi connectivity index (χ0) is 14.2. The predicted molar refractivity (Wildman–Crippen MR) is 78.9 cm³/mol. The third-order valence-corrected chi connectivity index (χ3v) is 2.90. The van der Waals surface area contributed by atoms with Gasteiger partial charge in [0.25, 0.3) is 0 Å². The lowest BCUT2D eigenvalue weighted by Gasteiger charge is -2.16. The van der Waals surface area contributed by atoms with E-state index in [4.69, 9.17) is 0 Å². The highest BCUT2D eigenvalue weighted by Crippen LogP contribution is 2.02. The van der Waals surface area contributed by atoms with Crippen molar-refractivity contribution in [1.29, 1.82) is 0 Å². The molecular weight excluding hydrogens is 250 g/mol. The molecule has 0 aliphatic rings. The van der Waals surface area contributed by atoms with Crippen LogP contribution in [0.3, 0.4) is 0 Å². The summed E-state index contributed by atoms with van der Waals surface area (Å²) in [5, 5.41) is 2.87. The Balaban J connectivity index is 1.74. The number of aromatic nitrogens is 1. The van der Waals surface area contributed by atoms with E-state index in [1.807, 2.05) is 48.3 Å². The van der Waals surface area contributed by atoms with Crippen molar-refractivity contribution in [3.05, 3.63) is 66.0 Å². The molecule has 1 N–H and O–H groups in total. The van der Waals surface area contributed by atoms with Gasteiger partial charge in [0, 0.05) is 12.7 Å². The molecule has 0 saturated heterocycles. The number of nitrogens with one attached hydrogen (secondary N) is 1. The van der Waals surface area contributed by atoms with E-state index in [0.717, 1.165) is 12.2 Å². The Hall–Kier alpha value is -2.20. The average Bonchev–Trinajstić information content (AvgIpc) is 2.47. The second-order valence-corrected chi connectivity index (χ2v) is 4.76. The minimum absolute atomic E-state index is 0.00841. The lowest BCUT2D eigenvalue weighted by Crippen LogP contribution is -2.34. The van der Waals surface area contributed by atoms with Crippen LogP contribution in [0.15, 0.2) is 54.7 Å². The van der Waals surface area contributed by atoms with Crippen LogP contribution in [0.2, 0.25) is 0 Å². The molecule has 4 heteroatoms. The van der Waals surface area contributed by atoms with E-state index in [1.54, 1.807) is 6.20 Å². The molecule has 0 unspecified atom stereocenters. The highest BCUT2D eigenvalue weighted by Gasteiger charge is 2.06. The van der Waals surface area contributed by atoms with Crippen LogP contribution in [0, 0.1) is 0 Å². The van der Waals surface area contributed by atoms with Crippen molar-refractivity contribution in [3.63, 3.8) is 0 Å². The molecule has 4 nitrogen and oxygen atoms in total. The quantitative estimate of drug-likeness (QED) is 0.870. The van der Waals surface area contributed by atoms with E-state index in [-0.39, 0.29) is 5.91 Å². The van der Waals surface area contributed by atoms with Crippen LogP contribution in [0.5, 0.6) is 0 Å². The summed E-state index contributed by atoms with van der Waals surface area (Å²) in [6, 6.07) is 15.8. The molecule has 2 rings (SSSR count). The molecular formula is C16H19N3O. The summed E-state index contributed by atoms with van der Waals surface area (Å²) in [4.78, 5) is 18.0. The van der Waals surface area contributed by atoms with Gasteiger partial charge < -0.3 is 5.32 Å². The number of rotatable bonds is 6. The van der Waals surface area contributed by atoms with Crippen molar-refractivity contribution in [2.24, 2.45) is 0 Å². The third kappa shape index (κ3) is 4.82. The van der Waals surface area contributed by atoms with Crippen molar-refractivity contribution in [2.75, 3.05) is 13.6 Å². The van der Waals surface area contributed by atoms with Gasteiger partial charge >= 0.3 is 0 Å². The number of carbonyl (C=O) groups excluding carboxylic acids is 1. The molecule has 0 aliphatic heterocycles. The van der Waals surface area contributed by atoms with Crippen LogP contribution in [-0.4, -0.2) is 29.4 Å². The Morgan fingerprint density at radius 2 is 1.90 bits per heavy atom. The predicted octanol–water partition coefficient (Wildman–Crippen LogP) is 1.83. The highest BCUT2D eigenvalue weighted by molar-refractivity contribution is 5.77. The molecule has 1 heterocycles. The summed E-state index contributed by atoms with van der Waals surface area (Å²) < 4.78 is 0. The van der Waals surface area contributed by atoms with E-state index >= 15 is 0 Å². The van der Waals surface area contributed by atoms with Crippen LogP contribution in [0.25, 0.3) is 0 Å². The Kier molecular flexibility index (Phi) is 5.26. The van der Waals surface area contributed by atoms with Gasteiger partial charge in [0.15, 0.2) is 0 Å².